The van der Waals surface area contributed by atoms with Gasteiger partial charge in [0, 0.05) is 37.4 Å². The molecule has 234 valence electrons. The van der Waals surface area contributed by atoms with Crippen molar-refractivity contribution >= 4 is 11.9 Å². The van der Waals surface area contributed by atoms with E-state index in [-0.39, 0.29) is 43.5 Å². The van der Waals surface area contributed by atoms with Gasteiger partial charge in [0.25, 0.3) is 0 Å². The number of aliphatic hydroxyl groups is 1. The van der Waals surface area contributed by atoms with Crippen LogP contribution in [0, 0.1) is 5.92 Å². The molecule has 0 aliphatic carbocycles. The Morgan fingerprint density at radius 3 is 2.30 bits per heavy atom. The summed E-state index contributed by atoms with van der Waals surface area (Å²) in [5.41, 5.74) is 6.00. The van der Waals surface area contributed by atoms with Gasteiger partial charge < -0.3 is 29.9 Å². The number of hydrogen-bond acceptors (Lipinski definition) is 6. The summed E-state index contributed by atoms with van der Waals surface area (Å²) >= 11 is 0. The van der Waals surface area contributed by atoms with Gasteiger partial charge in [0.2, 0.25) is 5.91 Å². The molecular weight excluding hydrogens is 556 g/mol. The number of nitrogens with zero attached hydrogens (tertiary/aromatic N) is 1. The maximum atomic E-state index is 12.1. The Labute approximate surface area is 260 Å². The number of carbonyl (C=O) groups excluding carboxylic acids is 1. The standard InChI is InChI=1S/C36H44N2O6/c1-25-32(23-38-19-3-2-4-20-38)43-36(44-35(25)29-13-11-26(24-39)12-14-29)30-17-15-28(16-18-30)31-8-5-7-27(21-31)22-37-33(40)9-6-10-34(41)42/h5,7-8,11-18,21,25,32,35-36,39H,2-4,6,9-10,19-20,22-24H2,1H3,(H,37,40)(H,41,42). The number of benzene rings is 3. The van der Waals surface area contributed by atoms with E-state index in [1.807, 2.05) is 30.3 Å². The fraction of sp³-hybridized carbons (Fsp3) is 0.444. The molecule has 0 bridgehead atoms. The summed E-state index contributed by atoms with van der Waals surface area (Å²) in [5.74, 6) is -0.879. The number of carboxylic acid groups (broad SMARTS) is 1. The van der Waals surface area contributed by atoms with Crippen LogP contribution >= 0.6 is 0 Å². The Morgan fingerprint density at radius 1 is 0.864 bits per heavy atom. The van der Waals surface area contributed by atoms with Crippen molar-refractivity contribution in [2.24, 2.45) is 5.92 Å². The number of rotatable bonds is 12. The monoisotopic (exact) mass is 600 g/mol. The summed E-state index contributed by atoms with van der Waals surface area (Å²) in [6.07, 6.45) is 3.66. The number of aliphatic carboxylic acids is 1. The van der Waals surface area contributed by atoms with Crippen molar-refractivity contribution in [3.05, 3.63) is 95.1 Å². The number of likely N-dealkylation sites (tertiary alicyclic amines) is 1. The maximum absolute atomic E-state index is 12.1. The zero-order valence-electron chi connectivity index (χ0n) is 25.5. The molecule has 0 spiro atoms. The maximum Gasteiger partial charge on any atom is 0.303 e. The number of carbonyl (C=O) groups is 2. The van der Waals surface area contributed by atoms with Crippen LogP contribution in [0.15, 0.2) is 72.8 Å². The highest BCUT2D eigenvalue weighted by molar-refractivity contribution is 5.76. The van der Waals surface area contributed by atoms with E-state index >= 15 is 0 Å². The number of ether oxygens (including phenoxy) is 2. The van der Waals surface area contributed by atoms with Crippen molar-refractivity contribution in [2.45, 2.75) is 77.1 Å². The second kappa shape index (κ2) is 15.4. The Kier molecular flexibility index (Phi) is 11.2. The summed E-state index contributed by atoms with van der Waals surface area (Å²) in [5, 5.41) is 21.2. The number of carboxylic acids is 1. The molecule has 4 unspecified atom stereocenters. The van der Waals surface area contributed by atoms with Crippen molar-refractivity contribution < 1.29 is 29.3 Å². The second-order valence-corrected chi connectivity index (χ2v) is 12.0. The third kappa shape index (κ3) is 8.54. The molecule has 0 radical (unpaired) electrons. The van der Waals surface area contributed by atoms with Crippen molar-refractivity contribution in [2.75, 3.05) is 19.6 Å². The van der Waals surface area contributed by atoms with Gasteiger partial charge in [-0.05, 0) is 66.2 Å². The zero-order chi connectivity index (χ0) is 30.9. The quantitative estimate of drug-likeness (QED) is 0.234. The first kappa shape index (κ1) is 31.9. The van der Waals surface area contributed by atoms with Crippen LogP contribution in [-0.2, 0) is 32.2 Å². The minimum atomic E-state index is -0.890. The Hall–Kier alpha value is -3.56. The topological polar surface area (TPSA) is 108 Å². The van der Waals surface area contributed by atoms with E-state index < -0.39 is 12.3 Å². The minimum Gasteiger partial charge on any atom is -0.481 e. The fourth-order valence-electron chi connectivity index (χ4n) is 6.11. The molecule has 2 heterocycles. The molecular formula is C36H44N2O6. The highest BCUT2D eigenvalue weighted by atomic mass is 16.7. The van der Waals surface area contributed by atoms with Crippen LogP contribution in [0.25, 0.3) is 11.1 Å². The number of hydrogen-bond donors (Lipinski definition) is 3. The van der Waals surface area contributed by atoms with Crippen molar-refractivity contribution in [1.82, 2.24) is 10.2 Å². The van der Waals surface area contributed by atoms with Gasteiger partial charge in [-0.25, -0.2) is 0 Å². The molecule has 4 atom stereocenters. The Bertz CT molecular complexity index is 1370. The molecule has 2 aliphatic heterocycles. The van der Waals surface area contributed by atoms with Gasteiger partial charge >= 0.3 is 5.97 Å². The molecule has 3 aromatic rings. The fourth-order valence-corrected chi connectivity index (χ4v) is 6.11. The van der Waals surface area contributed by atoms with Gasteiger partial charge in [-0.1, -0.05) is 80.1 Å². The molecule has 2 fully saturated rings. The summed E-state index contributed by atoms with van der Waals surface area (Å²) in [4.78, 5) is 25.3. The van der Waals surface area contributed by atoms with Crippen LogP contribution in [0.5, 0.6) is 0 Å². The average Bonchev–Trinajstić information content (AvgIpc) is 3.05. The third-order valence-corrected chi connectivity index (χ3v) is 8.74. The van der Waals surface area contributed by atoms with E-state index in [0.29, 0.717) is 13.0 Å². The zero-order valence-corrected chi connectivity index (χ0v) is 25.5. The van der Waals surface area contributed by atoms with Crippen molar-refractivity contribution in [3.63, 3.8) is 0 Å². The largest absolute Gasteiger partial charge is 0.481 e. The van der Waals surface area contributed by atoms with E-state index in [2.05, 4.69) is 59.6 Å². The summed E-state index contributed by atoms with van der Waals surface area (Å²) < 4.78 is 13.3. The van der Waals surface area contributed by atoms with E-state index in [1.165, 1.54) is 19.3 Å². The van der Waals surface area contributed by atoms with Crippen LogP contribution < -0.4 is 5.32 Å². The van der Waals surface area contributed by atoms with Gasteiger partial charge in [0.05, 0.1) is 18.8 Å². The number of nitrogens with one attached hydrogen (secondary N) is 1. The molecule has 3 aromatic carbocycles. The number of amides is 1. The van der Waals surface area contributed by atoms with Gasteiger partial charge in [-0.2, -0.15) is 0 Å². The lowest BCUT2D eigenvalue weighted by Gasteiger charge is -2.43. The molecule has 8 nitrogen and oxygen atoms in total. The van der Waals surface area contributed by atoms with Crippen LogP contribution in [-0.4, -0.2) is 52.7 Å². The molecule has 1 amide bonds. The first-order valence-corrected chi connectivity index (χ1v) is 15.8. The number of aliphatic hydroxyl groups excluding tert-OH is 1. The molecule has 0 aromatic heterocycles. The number of piperidine rings is 1. The molecule has 3 N–H and O–H groups in total. The smallest absolute Gasteiger partial charge is 0.303 e. The molecule has 0 saturated carbocycles. The SMILES string of the molecule is CC1C(CN2CCCCC2)OC(c2ccc(-c3cccc(CNC(=O)CCCC(=O)O)c3)cc2)OC1c1ccc(CO)cc1. The summed E-state index contributed by atoms with van der Waals surface area (Å²) in [7, 11) is 0. The van der Waals surface area contributed by atoms with Crippen molar-refractivity contribution in [3.8, 4) is 11.1 Å². The summed E-state index contributed by atoms with van der Waals surface area (Å²) in [6, 6.07) is 24.4. The van der Waals surface area contributed by atoms with Crippen LogP contribution in [0.1, 0.15) is 80.1 Å². The van der Waals surface area contributed by atoms with Crippen LogP contribution in [0.3, 0.4) is 0 Å². The lowest BCUT2D eigenvalue weighted by molar-refractivity contribution is -0.276. The molecule has 44 heavy (non-hydrogen) atoms. The van der Waals surface area contributed by atoms with Crippen LogP contribution in [0.2, 0.25) is 0 Å². The minimum absolute atomic E-state index is 0.00760. The predicted octanol–water partition coefficient (Wildman–Crippen LogP) is 5.99. The normalized spacial score (nSPS) is 22.4. The predicted molar refractivity (Wildman–Crippen MR) is 168 cm³/mol. The molecule has 8 heteroatoms. The van der Waals surface area contributed by atoms with Gasteiger partial charge in [-0.3, -0.25) is 9.59 Å². The average molecular weight is 601 g/mol. The van der Waals surface area contributed by atoms with E-state index in [9.17, 15) is 14.7 Å². The molecule has 2 saturated heterocycles. The van der Waals surface area contributed by atoms with Gasteiger partial charge in [0.15, 0.2) is 6.29 Å². The first-order chi connectivity index (χ1) is 21.4. The third-order valence-electron chi connectivity index (χ3n) is 8.74. The Morgan fingerprint density at radius 2 is 1.59 bits per heavy atom. The highest BCUT2D eigenvalue weighted by Crippen LogP contribution is 2.42. The molecule has 2 aliphatic rings. The van der Waals surface area contributed by atoms with E-state index in [1.54, 1.807) is 0 Å². The lowest BCUT2D eigenvalue weighted by atomic mass is 9.89. The Balaban J connectivity index is 1.28. The van der Waals surface area contributed by atoms with Gasteiger partial charge in [0.1, 0.15) is 0 Å². The van der Waals surface area contributed by atoms with E-state index in [0.717, 1.165) is 53.0 Å². The highest BCUT2D eigenvalue weighted by Gasteiger charge is 2.39. The first-order valence-electron chi connectivity index (χ1n) is 15.8. The second-order valence-electron chi connectivity index (χ2n) is 12.0. The van der Waals surface area contributed by atoms with E-state index in [4.69, 9.17) is 14.6 Å². The molecule has 5 rings (SSSR count). The lowest BCUT2D eigenvalue weighted by Crippen LogP contribution is -2.45. The van der Waals surface area contributed by atoms with Crippen molar-refractivity contribution in [1.29, 1.82) is 0 Å². The van der Waals surface area contributed by atoms with Crippen LogP contribution in [0.4, 0.5) is 0 Å². The van der Waals surface area contributed by atoms with Gasteiger partial charge in [-0.15, -0.1) is 0 Å². The summed E-state index contributed by atoms with van der Waals surface area (Å²) in [6.45, 7) is 5.71.